The van der Waals surface area contributed by atoms with Crippen LogP contribution in [0.5, 0.6) is 0 Å². The van der Waals surface area contributed by atoms with Gasteiger partial charge in [0.15, 0.2) is 31.2 Å². The van der Waals surface area contributed by atoms with Gasteiger partial charge in [0.1, 0.15) is 18.3 Å². The van der Waals surface area contributed by atoms with Crippen LogP contribution < -0.4 is 11.2 Å². The molecule has 0 saturated carbocycles. The molecule has 1 saturated heterocycles. The van der Waals surface area contributed by atoms with Crippen LogP contribution in [0.15, 0.2) is 15.8 Å². The van der Waals surface area contributed by atoms with E-state index < -0.39 is 73.5 Å². The standard InChI is InChI=1S/C30H60N2O8Si3/c1-28(2,3)41(10,11)37-19-22-23(39-42(12,13)29(4,5)6)24(40-43(14,15)30(7,8)9)26(38-22)32-17-20(16-21(34)18-33)25(35)31-27(32)36/h17,21-24,26,33-34H,16,18-19H2,1-15H3,(H,31,35,36)/t21?,22-,23?,24?,26-/m0/s1. The fourth-order valence-electron chi connectivity index (χ4n) is 4.05. The molecule has 0 bridgehead atoms. The molecule has 1 fully saturated rings. The van der Waals surface area contributed by atoms with Crippen LogP contribution in [-0.4, -0.2) is 82.3 Å². The molecule has 0 aromatic carbocycles. The highest BCUT2D eigenvalue weighted by atomic mass is 28.4. The first kappa shape index (κ1) is 38.3. The fourth-order valence-corrected chi connectivity index (χ4v) is 7.67. The summed E-state index contributed by atoms with van der Waals surface area (Å²) in [5, 5.41) is 19.2. The molecule has 1 aliphatic heterocycles. The first-order chi connectivity index (χ1) is 19.1. The Bertz CT molecular complexity index is 1210. The third kappa shape index (κ3) is 8.88. The molecule has 43 heavy (non-hydrogen) atoms. The minimum Gasteiger partial charge on any atom is -0.414 e. The maximum Gasteiger partial charge on any atom is 0.330 e. The molecule has 3 unspecified atom stereocenters. The molecule has 1 aromatic heterocycles. The molecular weight excluding hydrogens is 601 g/mol. The van der Waals surface area contributed by atoms with E-state index >= 15 is 0 Å². The number of aliphatic hydroxyl groups excluding tert-OH is 2. The molecule has 0 spiro atoms. The fraction of sp³-hybridized carbons (Fsp3) is 0.867. The maximum absolute atomic E-state index is 13.4. The Morgan fingerprint density at radius 3 is 1.77 bits per heavy atom. The third-order valence-electron chi connectivity index (χ3n) is 10.2. The van der Waals surface area contributed by atoms with E-state index in [9.17, 15) is 19.8 Å². The molecule has 2 heterocycles. The van der Waals surface area contributed by atoms with Crippen LogP contribution in [0, 0.1) is 0 Å². The predicted molar refractivity (Wildman–Crippen MR) is 179 cm³/mol. The minimum atomic E-state index is -2.44. The Morgan fingerprint density at radius 1 is 0.860 bits per heavy atom. The quantitative estimate of drug-likeness (QED) is 0.278. The normalized spacial score (nSPS) is 23.6. The van der Waals surface area contributed by atoms with E-state index in [2.05, 4.69) is 107 Å². The van der Waals surface area contributed by atoms with E-state index in [4.69, 9.17) is 18.0 Å². The van der Waals surface area contributed by atoms with Gasteiger partial charge in [-0.05, 0) is 54.4 Å². The van der Waals surface area contributed by atoms with E-state index in [1.165, 1.54) is 10.8 Å². The molecule has 2 rings (SSSR count). The number of aromatic nitrogens is 2. The lowest BCUT2D eigenvalue weighted by Crippen LogP contribution is -2.55. The van der Waals surface area contributed by atoms with Gasteiger partial charge in [-0.25, -0.2) is 4.79 Å². The van der Waals surface area contributed by atoms with Crippen molar-refractivity contribution in [3.8, 4) is 0 Å². The van der Waals surface area contributed by atoms with E-state index in [1.54, 1.807) is 0 Å². The molecule has 0 radical (unpaired) electrons. The summed E-state index contributed by atoms with van der Waals surface area (Å²) in [6, 6.07) is 0. The van der Waals surface area contributed by atoms with Gasteiger partial charge in [-0.1, -0.05) is 62.3 Å². The molecule has 5 atom stereocenters. The summed E-state index contributed by atoms with van der Waals surface area (Å²) in [4.78, 5) is 28.4. The van der Waals surface area contributed by atoms with Crippen LogP contribution >= 0.6 is 0 Å². The summed E-state index contributed by atoms with van der Waals surface area (Å²) in [5.74, 6) is 0. The lowest BCUT2D eigenvalue weighted by molar-refractivity contribution is -0.0512. The van der Waals surface area contributed by atoms with Crippen molar-refractivity contribution < 1.29 is 28.2 Å². The first-order valence-electron chi connectivity index (χ1n) is 15.4. The molecular formula is C30H60N2O8Si3. The molecule has 10 nitrogen and oxygen atoms in total. The number of aliphatic hydroxyl groups is 2. The van der Waals surface area contributed by atoms with Gasteiger partial charge in [0.2, 0.25) is 0 Å². The maximum atomic E-state index is 13.4. The molecule has 1 aromatic rings. The van der Waals surface area contributed by atoms with E-state index in [0.29, 0.717) is 0 Å². The van der Waals surface area contributed by atoms with Crippen molar-refractivity contribution in [1.29, 1.82) is 0 Å². The number of hydrogen-bond acceptors (Lipinski definition) is 8. The van der Waals surface area contributed by atoms with Crippen LogP contribution in [-0.2, 0) is 24.4 Å². The second-order valence-electron chi connectivity index (χ2n) is 16.7. The largest absolute Gasteiger partial charge is 0.414 e. The van der Waals surface area contributed by atoms with Gasteiger partial charge in [-0.3, -0.25) is 14.3 Å². The third-order valence-corrected chi connectivity index (χ3v) is 23.6. The van der Waals surface area contributed by atoms with Gasteiger partial charge in [0.25, 0.3) is 5.56 Å². The van der Waals surface area contributed by atoms with Crippen LogP contribution in [0.2, 0.25) is 54.4 Å². The lowest BCUT2D eigenvalue weighted by Gasteiger charge is -2.44. The Balaban J connectivity index is 2.76. The SMILES string of the molecule is CC(C)(C)[Si](C)(C)OC[C@@H]1O[C@H](n2cc(CC(O)CO)c(=O)[nH]c2=O)C(O[Si](C)(C)C(C)(C)C)C1O[Si](C)(C)C(C)(C)C. The zero-order valence-corrected chi connectivity index (χ0v) is 32.4. The molecule has 1 aliphatic rings. The van der Waals surface area contributed by atoms with Crippen LogP contribution in [0.25, 0.3) is 0 Å². The Kier molecular flexibility index (Phi) is 11.6. The number of nitrogens with one attached hydrogen (secondary N) is 1. The van der Waals surface area contributed by atoms with Gasteiger partial charge in [-0.2, -0.15) is 0 Å². The second kappa shape index (κ2) is 13.1. The summed E-state index contributed by atoms with van der Waals surface area (Å²) in [7, 11) is -6.98. The van der Waals surface area contributed by atoms with Gasteiger partial charge < -0.3 is 28.2 Å². The van der Waals surface area contributed by atoms with E-state index in [0.717, 1.165) is 0 Å². The van der Waals surface area contributed by atoms with Gasteiger partial charge in [0.05, 0.1) is 19.3 Å². The number of hydrogen-bond donors (Lipinski definition) is 3. The van der Waals surface area contributed by atoms with Crippen molar-refractivity contribution in [2.45, 2.75) is 154 Å². The highest BCUT2D eigenvalue weighted by Gasteiger charge is 2.55. The number of nitrogens with zero attached hydrogens (tertiary/aromatic N) is 1. The smallest absolute Gasteiger partial charge is 0.330 e. The summed E-state index contributed by atoms with van der Waals surface area (Å²) in [5.41, 5.74) is -1.09. The molecule has 0 amide bonds. The average molecular weight is 661 g/mol. The Hall–Kier alpha value is -0.909. The van der Waals surface area contributed by atoms with Gasteiger partial charge in [0, 0.05) is 18.2 Å². The van der Waals surface area contributed by atoms with Crippen molar-refractivity contribution in [2.75, 3.05) is 13.2 Å². The molecule has 250 valence electrons. The number of aromatic amines is 1. The summed E-state index contributed by atoms with van der Waals surface area (Å²) >= 11 is 0. The van der Waals surface area contributed by atoms with Crippen molar-refractivity contribution >= 4 is 25.0 Å². The molecule has 3 N–H and O–H groups in total. The number of ether oxygens (including phenoxy) is 1. The zero-order valence-electron chi connectivity index (χ0n) is 29.4. The number of H-pyrrole nitrogens is 1. The molecule has 13 heteroatoms. The van der Waals surface area contributed by atoms with Gasteiger partial charge in [-0.15, -0.1) is 0 Å². The lowest BCUT2D eigenvalue weighted by atomic mass is 10.1. The monoisotopic (exact) mass is 660 g/mol. The van der Waals surface area contributed by atoms with E-state index in [1.807, 2.05) is 0 Å². The summed E-state index contributed by atoms with van der Waals surface area (Å²) < 4.78 is 29.0. The highest BCUT2D eigenvalue weighted by Crippen LogP contribution is 2.46. The van der Waals surface area contributed by atoms with Gasteiger partial charge >= 0.3 is 5.69 Å². The van der Waals surface area contributed by atoms with Crippen LogP contribution in [0.4, 0.5) is 0 Å². The van der Waals surface area contributed by atoms with E-state index in [-0.39, 0.29) is 33.7 Å². The summed E-state index contributed by atoms with van der Waals surface area (Å²) in [6.07, 6.45) is -2.48. The Morgan fingerprint density at radius 2 is 1.33 bits per heavy atom. The van der Waals surface area contributed by atoms with Crippen LogP contribution in [0.1, 0.15) is 74.1 Å². The highest BCUT2D eigenvalue weighted by molar-refractivity contribution is 6.75. The average Bonchev–Trinajstić information content (AvgIpc) is 3.12. The van der Waals surface area contributed by atoms with Crippen molar-refractivity contribution in [2.24, 2.45) is 0 Å². The zero-order chi connectivity index (χ0) is 33.6. The second-order valence-corrected chi connectivity index (χ2v) is 31.0. The van der Waals surface area contributed by atoms with Crippen molar-refractivity contribution in [1.82, 2.24) is 9.55 Å². The Labute approximate surface area is 261 Å². The topological polar surface area (TPSA) is 132 Å². The van der Waals surface area contributed by atoms with Crippen LogP contribution in [0.3, 0.4) is 0 Å². The molecule has 0 aliphatic carbocycles. The van der Waals surface area contributed by atoms with Crippen molar-refractivity contribution in [3.63, 3.8) is 0 Å². The number of rotatable bonds is 11. The predicted octanol–water partition coefficient (Wildman–Crippen LogP) is 5.13. The summed E-state index contributed by atoms with van der Waals surface area (Å²) in [6.45, 7) is 32.4. The van der Waals surface area contributed by atoms with Crippen molar-refractivity contribution in [3.05, 3.63) is 32.6 Å². The minimum absolute atomic E-state index is 0.0177. The first-order valence-corrected chi connectivity index (χ1v) is 24.2.